The maximum Gasteiger partial charge on any atom is 0.407 e. The van der Waals surface area contributed by atoms with Crippen molar-refractivity contribution in [2.75, 3.05) is 47.4 Å². The van der Waals surface area contributed by atoms with E-state index < -0.39 is 0 Å². The van der Waals surface area contributed by atoms with Gasteiger partial charge in [0.25, 0.3) is 0 Å². The van der Waals surface area contributed by atoms with E-state index >= 15 is 0 Å². The zero-order valence-electron chi connectivity index (χ0n) is 20.9. The Labute approximate surface area is 193 Å². The molecule has 4 unspecified atom stereocenters. The summed E-state index contributed by atoms with van der Waals surface area (Å²) in [6.45, 7) is 11.7. The zero-order chi connectivity index (χ0) is 23.5. The Morgan fingerprint density at radius 2 is 2.09 bits per heavy atom. The Balaban J connectivity index is 1.59. The SMILES string of the molecule is CNCCN(C)CC(C)NC(=O)OC1CC[C@]2(CO2)C([C@@]2(C)O[C@@H]2CC=C(C)C)C1OC. The minimum Gasteiger partial charge on any atom is -0.443 e. The molecule has 0 aromatic rings. The van der Waals surface area contributed by atoms with E-state index in [0.29, 0.717) is 0 Å². The molecule has 8 nitrogen and oxygen atoms in total. The second-order valence-electron chi connectivity index (χ2n) is 10.2. The van der Waals surface area contributed by atoms with E-state index in [1.807, 2.05) is 21.0 Å². The molecular weight excluding hydrogens is 410 g/mol. The number of epoxide rings is 2. The topological polar surface area (TPSA) is 87.9 Å². The van der Waals surface area contributed by atoms with Gasteiger partial charge in [-0.05, 0) is 61.1 Å². The third-order valence-electron chi connectivity index (χ3n) is 7.19. The summed E-state index contributed by atoms with van der Waals surface area (Å²) in [5, 5.41) is 6.11. The van der Waals surface area contributed by atoms with Crippen LogP contribution < -0.4 is 10.6 Å². The number of hydrogen-bond donors (Lipinski definition) is 2. The van der Waals surface area contributed by atoms with Crippen LogP contribution in [-0.2, 0) is 18.9 Å². The zero-order valence-corrected chi connectivity index (χ0v) is 20.9. The molecule has 1 spiro atoms. The molecule has 2 N–H and O–H groups in total. The average molecular weight is 454 g/mol. The number of methoxy groups -OCH3 is 1. The number of amides is 1. The van der Waals surface area contributed by atoms with Crippen LogP contribution in [0.15, 0.2) is 11.6 Å². The van der Waals surface area contributed by atoms with Gasteiger partial charge in [-0.2, -0.15) is 0 Å². The highest BCUT2D eigenvalue weighted by Gasteiger charge is 2.72. The molecule has 3 aliphatic rings. The molecule has 7 atom stereocenters. The van der Waals surface area contributed by atoms with Crippen molar-refractivity contribution in [2.45, 2.75) is 82.5 Å². The largest absolute Gasteiger partial charge is 0.443 e. The number of nitrogens with one attached hydrogen (secondary N) is 2. The van der Waals surface area contributed by atoms with Gasteiger partial charge in [-0.3, -0.25) is 0 Å². The number of rotatable bonds is 11. The van der Waals surface area contributed by atoms with E-state index in [9.17, 15) is 4.79 Å². The van der Waals surface area contributed by atoms with Crippen LogP contribution in [0.1, 0.15) is 47.0 Å². The Morgan fingerprint density at radius 3 is 2.69 bits per heavy atom. The molecule has 0 radical (unpaired) electrons. The highest BCUT2D eigenvalue weighted by atomic mass is 16.6. The fraction of sp³-hybridized carbons (Fsp3) is 0.875. The van der Waals surface area contributed by atoms with Crippen LogP contribution in [-0.4, -0.2) is 94.0 Å². The monoisotopic (exact) mass is 453 g/mol. The van der Waals surface area contributed by atoms with Crippen LogP contribution in [0.5, 0.6) is 0 Å². The lowest BCUT2D eigenvalue weighted by Crippen LogP contribution is -2.56. The standard InChI is InChI=1S/C24H43N3O5/c1-16(2)8-9-19-23(4,32-19)21-20(29-7)18(10-11-24(21)15-30-24)31-22(28)26-17(3)14-27(6)13-12-25-5/h8,17-21,25H,9-15H2,1-7H3,(H,26,28)/t17?,18?,19-,20?,21?,23+,24+/m1/s1. The van der Waals surface area contributed by atoms with Crippen LogP contribution in [0.3, 0.4) is 0 Å². The number of carbonyl (C=O) groups is 1. The van der Waals surface area contributed by atoms with Crippen LogP contribution in [0.25, 0.3) is 0 Å². The van der Waals surface area contributed by atoms with Crippen molar-refractivity contribution in [3.63, 3.8) is 0 Å². The number of ether oxygens (including phenoxy) is 4. The lowest BCUT2D eigenvalue weighted by Gasteiger charge is -2.42. The van der Waals surface area contributed by atoms with Crippen LogP contribution in [0.2, 0.25) is 0 Å². The summed E-state index contributed by atoms with van der Waals surface area (Å²) >= 11 is 0. The number of carbonyl (C=O) groups excluding carboxylic acids is 1. The van der Waals surface area contributed by atoms with Gasteiger partial charge in [0.15, 0.2) is 0 Å². The minimum atomic E-state index is -0.388. The second-order valence-corrected chi connectivity index (χ2v) is 10.2. The molecule has 8 heteroatoms. The molecule has 1 aliphatic carbocycles. The Morgan fingerprint density at radius 1 is 1.38 bits per heavy atom. The molecule has 184 valence electrons. The van der Waals surface area contributed by atoms with Crippen LogP contribution >= 0.6 is 0 Å². The van der Waals surface area contributed by atoms with Gasteiger partial charge in [0.1, 0.15) is 23.4 Å². The number of likely N-dealkylation sites (N-methyl/N-ethyl adjacent to an activating group) is 2. The van der Waals surface area contributed by atoms with Crippen molar-refractivity contribution in [3.05, 3.63) is 11.6 Å². The normalized spacial score (nSPS) is 36.6. The summed E-state index contributed by atoms with van der Waals surface area (Å²) < 4.78 is 24.1. The molecule has 1 saturated carbocycles. The first-order valence-electron chi connectivity index (χ1n) is 11.9. The van der Waals surface area contributed by atoms with E-state index in [0.717, 1.165) is 45.5 Å². The molecule has 3 fully saturated rings. The van der Waals surface area contributed by atoms with Gasteiger partial charge >= 0.3 is 6.09 Å². The van der Waals surface area contributed by atoms with E-state index in [-0.39, 0.29) is 47.6 Å². The third kappa shape index (κ3) is 5.83. The molecule has 2 aliphatic heterocycles. The molecule has 1 amide bonds. The van der Waals surface area contributed by atoms with E-state index in [1.54, 1.807) is 7.11 Å². The first-order valence-corrected chi connectivity index (χ1v) is 11.9. The number of alkyl carbamates (subject to hydrolysis) is 1. The van der Waals surface area contributed by atoms with E-state index in [1.165, 1.54) is 5.57 Å². The van der Waals surface area contributed by atoms with Crippen molar-refractivity contribution < 1.29 is 23.7 Å². The van der Waals surface area contributed by atoms with Crippen molar-refractivity contribution >= 4 is 6.09 Å². The van der Waals surface area contributed by atoms with Crippen LogP contribution in [0, 0.1) is 5.92 Å². The van der Waals surface area contributed by atoms with Gasteiger partial charge < -0.3 is 34.5 Å². The lowest BCUT2D eigenvalue weighted by molar-refractivity contribution is -0.118. The fourth-order valence-electron chi connectivity index (χ4n) is 5.35. The van der Waals surface area contributed by atoms with Crippen molar-refractivity contribution in [2.24, 2.45) is 5.92 Å². The van der Waals surface area contributed by atoms with Crippen molar-refractivity contribution in [1.82, 2.24) is 15.5 Å². The summed E-state index contributed by atoms with van der Waals surface area (Å²) in [7, 11) is 5.68. The van der Waals surface area contributed by atoms with Gasteiger partial charge in [0, 0.05) is 32.8 Å². The molecular formula is C24H43N3O5. The van der Waals surface area contributed by atoms with E-state index in [4.69, 9.17) is 18.9 Å². The summed E-state index contributed by atoms with van der Waals surface area (Å²) in [4.78, 5) is 14.9. The third-order valence-corrected chi connectivity index (χ3v) is 7.19. The number of allylic oxidation sites excluding steroid dienone is 1. The average Bonchev–Trinajstić information content (AvgIpc) is 3.63. The molecule has 0 aromatic carbocycles. The fourth-order valence-corrected chi connectivity index (χ4v) is 5.35. The first-order chi connectivity index (χ1) is 15.1. The molecule has 32 heavy (non-hydrogen) atoms. The number of hydrogen-bond acceptors (Lipinski definition) is 7. The quantitative estimate of drug-likeness (QED) is 0.367. The van der Waals surface area contributed by atoms with E-state index in [2.05, 4.69) is 42.4 Å². The Kier molecular flexibility index (Phi) is 8.25. The van der Waals surface area contributed by atoms with Gasteiger partial charge in [-0.15, -0.1) is 0 Å². The second kappa shape index (κ2) is 10.4. The lowest BCUT2D eigenvalue weighted by atomic mass is 9.68. The summed E-state index contributed by atoms with van der Waals surface area (Å²) in [5.74, 6) is 0.0345. The van der Waals surface area contributed by atoms with Gasteiger partial charge in [-0.1, -0.05) is 11.6 Å². The molecule has 2 saturated heterocycles. The first kappa shape index (κ1) is 25.4. The summed E-state index contributed by atoms with van der Waals surface area (Å²) in [6.07, 6.45) is 3.86. The van der Waals surface area contributed by atoms with Gasteiger partial charge in [0.2, 0.25) is 0 Å². The predicted octanol–water partition coefficient (Wildman–Crippen LogP) is 2.33. The summed E-state index contributed by atoms with van der Waals surface area (Å²) in [6, 6.07) is -0.0134. The van der Waals surface area contributed by atoms with Crippen molar-refractivity contribution in [1.29, 1.82) is 0 Å². The number of nitrogens with zero attached hydrogens (tertiary/aromatic N) is 1. The maximum atomic E-state index is 12.7. The molecule has 2 heterocycles. The summed E-state index contributed by atoms with van der Waals surface area (Å²) in [5.41, 5.74) is 0.746. The van der Waals surface area contributed by atoms with Crippen molar-refractivity contribution in [3.8, 4) is 0 Å². The Hall–Kier alpha value is -1.19. The maximum absolute atomic E-state index is 12.7. The van der Waals surface area contributed by atoms with Gasteiger partial charge in [-0.25, -0.2) is 4.79 Å². The van der Waals surface area contributed by atoms with Crippen LogP contribution in [0.4, 0.5) is 4.79 Å². The predicted molar refractivity (Wildman–Crippen MR) is 124 cm³/mol. The molecule has 0 aromatic heterocycles. The molecule has 3 rings (SSSR count). The molecule has 0 bridgehead atoms. The minimum absolute atomic E-state index is 0.0134. The Bertz CT molecular complexity index is 679. The van der Waals surface area contributed by atoms with Gasteiger partial charge in [0.05, 0.1) is 18.6 Å². The smallest absolute Gasteiger partial charge is 0.407 e. The highest BCUT2D eigenvalue weighted by molar-refractivity contribution is 5.67. The highest BCUT2D eigenvalue weighted by Crippen LogP contribution is 2.59.